The number of amides is 1. The van der Waals surface area contributed by atoms with Crippen LogP contribution < -0.4 is 0 Å². The van der Waals surface area contributed by atoms with Gasteiger partial charge in [0.25, 0.3) is 0 Å². The lowest BCUT2D eigenvalue weighted by Gasteiger charge is -2.46. The lowest BCUT2D eigenvalue weighted by Crippen LogP contribution is -2.53. The minimum absolute atomic E-state index is 0.0356. The van der Waals surface area contributed by atoms with Gasteiger partial charge in [-0.15, -0.1) is 0 Å². The van der Waals surface area contributed by atoms with Crippen molar-refractivity contribution in [2.75, 3.05) is 45.8 Å². The van der Waals surface area contributed by atoms with Crippen LogP contribution in [0.5, 0.6) is 0 Å². The monoisotopic (exact) mass is 593 g/mol. The molecule has 4 nitrogen and oxygen atoms in total. The van der Waals surface area contributed by atoms with Gasteiger partial charge in [0.15, 0.2) is 0 Å². The van der Waals surface area contributed by atoms with Crippen molar-refractivity contribution in [3.63, 3.8) is 0 Å². The van der Waals surface area contributed by atoms with E-state index in [2.05, 4.69) is 15.9 Å². The highest BCUT2D eigenvalue weighted by atomic mass is 35.5. The first kappa shape index (κ1) is 29.1. The lowest BCUT2D eigenvalue weighted by molar-refractivity contribution is -0.133. The van der Waals surface area contributed by atoms with Gasteiger partial charge < -0.3 is 9.80 Å². The number of piperazine rings is 1. The number of hydrogen-bond donors (Lipinski definition) is 0. The fraction of sp³-hybridized carbons (Fsp3) is 0.581. The van der Waals surface area contributed by atoms with Crippen molar-refractivity contribution in [3.8, 4) is 0 Å². The summed E-state index contributed by atoms with van der Waals surface area (Å²) >= 11 is 19.0. The fourth-order valence-electron chi connectivity index (χ4n) is 6.89. The van der Waals surface area contributed by atoms with Crippen LogP contribution >= 0.6 is 34.8 Å². The Hall–Kier alpha value is -1.37. The van der Waals surface area contributed by atoms with Crippen molar-refractivity contribution in [1.29, 1.82) is 0 Å². The number of carbonyl (C=O) groups is 1. The van der Waals surface area contributed by atoms with Crippen molar-refractivity contribution in [3.05, 3.63) is 68.4 Å². The Kier molecular flexibility index (Phi) is 9.77. The van der Waals surface area contributed by atoms with E-state index in [1.54, 1.807) is 12.1 Å². The Balaban J connectivity index is 1.29. The highest BCUT2D eigenvalue weighted by Gasteiger charge is 2.39. The molecular weight excluding hydrogens is 556 g/mol. The van der Waals surface area contributed by atoms with Gasteiger partial charge in [0, 0.05) is 61.3 Å². The van der Waals surface area contributed by atoms with Gasteiger partial charge >= 0.3 is 0 Å². The normalized spacial score (nSPS) is 23.7. The minimum atomic E-state index is -0.434. The molecule has 0 radical (unpaired) electrons. The standard InChI is InChI=1S/C31H39Cl3FN3O/c32-26-8-4-9-29(35)25(26)21-30(39)38-14-5-12-31(22-38,23-10-11-27(33)28(34)20-23)13-15-36-16-18-37(19-17-36)24-6-2-1-3-7-24/h4,8-11,20,24H,1-3,5-7,12-19,21-22H2/t31-/m1/s1. The van der Waals surface area contributed by atoms with Gasteiger partial charge in [0.1, 0.15) is 5.82 Å². The molecule has 2 aromatic carbocycles. The zero-order chi connectivity index (χ0) is 27.4. The Labute approximate surface area is 247 Å². The molecule has 2 aromatic rings. The van der Waals surface area contributed by atoms with Gasteiger partial charge in [-0.3, -0.25) is 9.69 Å². The average molecular weight is 595 g/mol. The van der Waals surface area contributed by atoms with E-state index < -0.39 is 5.82 Å². The summed E-state index contributed by atoms with van der Waals surface area (Å²) in [5, 5.41) is 1.37. The summed E-state index contributed by atoms with van der Waals surface area (Å²) in [6.45, 7) is 6.66. The number of carbonyl (C=O) groups excluding carboxylic acids is 1. The third kappa shape index (κ3) is 6.93. The second kappa shape index (κ2) is 13.1. The van der Waals surface area contributed by atoms with Gasteiger partial charge in [-0.1, -0.05) is 66.2 Å². The average Bonchev–Trinajstić information content (AvgIpc) is 2.96. The Morgan fingerprint density at radius 3 is 2.38 bits per heavy atom. The molecule has 1 aliphatic carbocycles. The van der Waals surface area contributed by atoms with E-state index in [4.69, 9.17) is 34.8 Å². The van der Waals surface area contributed by atoms with Crippen LogP contribution in [-0.4, -0.2) is 72.5 Å². The summed E-state index contributed by atoms with van der Waals surface area (Å²) in [4.78, 5) is 20.6. The molecule has 1 amide bonds. The molecule has 2 heterocycles. The maximum absolute atomic E-state index is 14.5. The summed E-state index contributed by atoms with van der Waals surface area (Å²) in [6.07, 6.45) is 9.57. The second-order valence-corrected chi connectivity index (χ2v) is 12.8. The molecule has 2 aliphatic heterocycles. The first-order valence-corrected chi connectivity index (χ1v) is 15.6. The maximum Gasteiger partial charge on any atom is 0.227 e. The molecule has 0 aromatic heterocycles. The van der Waals surface area contributed by atoms with Crippen LogP contribution in [0.3, 0.4) is 0 Å². The molecule has 212 valence electrons. The van der Waals surface area contributed by atoms with E-state index in [1.165, 1.54) is 38.2 Å². The van der Waals surface area contributed by atoms with Gasteiger partial charge in [-0.25, -0.2) is 4.39 Å². The van der Waals surface area contributed by atoms with Crippen molar-refractivity contribution in [1.82, 2.24) is 14.7 Å². The third-order valence-corrected chi connectivity index (χ3v) is 10.3. The summed E-state index contributed by atoms with van der Waals surface area (Å²) in [6, 6.07) is 11.2. The lowest BCUT2D eigenvalue weighted by atomic mass is 9.71. The molecule has 3 aliphatic rings. The van der Waals surface area contributed by atoms with Crippen molar-refractivity contribution in [2.24, 2.45) is 0 Å². The molecule has 0 unspecified atom stereocenters. The molecule has 2 saturated heterocycles. The maximum atomic E-state index is 14.5. The van der Waals surface area contributed by atoms with Gasteiger partial charge in [-0.05, 0) is 68.5 Å². The predicted octanol–water partition coefficient (Wildman–Crippen LogP) is 7.23. The third-order valence-electron chi connectivity index (χ3n) is 9.26. The Morgan fingerprint density at radius 2 is 1.67 bits per heavy atom. The summed E-state index contributed by atoms with van der Waals surface area (Å²) in [5.41, 5.74) is 1.16. The molecular formula is C31H39Cl3FN3O. The molecule has 5 rings (SSSR count). The number of benzene rings is 2. The Morgan fingerprint density at radius 1 is 0.897 bits per heavy atom. The molecule has 1 atom stereocenters. The SMILES string of the molecule is O=C(Cc1c(F)cccc1Cl)N1CCC[C@](CCN2CCN(C3CCCCC3)CC2)(c2ccc(Cl)c(Cl)c2)C1. The van der Waals surface area contributed by atoms with E-state index in [0.29, 0.717) is 28.2 Å². The minimum Gasteiger partial charge on any atom is -0.342 e. The largest absolute Gasteiger partial charge is 0.342 e. The first-order chi connectivity index (χ1) is 18.8. The number of nitrogens with zero attached hydrogens (tertiary/aromatic N) is 3. The summed E-state index contributed by atoms with van der Waals surface area (Å²) in [5.74, 6) is -0.525. The molecule has 3 fully saturated rings. The fourth-order valence-corrected chi connectivity index (χ4v) is 7.42. The van der Waals surface area contributed by atoms with Crippen LogP contribution in [0, 0.1) is 5.82 Å². The molecule has 0 bridgehead atoms. The van der Waals surface area contributed by atoms with Gasteiger partial charge in [0.05, 0.1) is 16.5 Å². The van der Waals surface area contributed by atoms with Crippen LogP contribution in [0.15, 0.2) is 36.4 Å². The zero-order valence-electron chi connectivity index (χ0n) is 22.6. The molecule has 1 saturated carbocycles. The van der Waals surface area contributed by atoms with Crippen LogP contribution in [0.2, 0.25) is 15.1 Å². The zero-order valence-corrected chi connectivity index (χ0v) is 24.9. The molecule has 8 heteroatoms. The topological polar surface area (TPSA) is 26.8 Å². The number of likely N-dealkylation sites (tertiary alicyclic amines) is 1. The summed E-state index contributed by atoms with van der Waals surface area (Å²) < 4.78 is 14.5. The number of rotatable bonds is 7. The van der Waals surface area contributed by atoms with Crippen LogP contribution in [0.4, 0.5) is 4.39 Å². The van der Waals surface area contributed by atoms with Crippen LogP contribution in [0.1, 0.15) is 62.5 Å². The van der Waals surface area contributed by atoms with Gasteiger partial charge in [0.2, 0.25) is 5.91 Å². The highest BCUT2D eigenvalue weighted by molar-refractivity contribution is 6.42. The molecule has 0 N–H and O–H groups in total. The van der Waals surface area contributed by atoms with Gasteiger partial charge in [-0.2, -0.15) is 0 Å². The second-order valence-electron chi connectivity index (χ2n) is 11.6. The smallest absolute Gasteiger partial charge is 0.227 e. The molecule has 39 heavy (non-hydrogen) atoms. The predicted molar refractivity (Wildman–Crippen MR) is 159 cm³/mol. The quantitative estimate of drug-likeness (QED) is 0.338. The Bertz CT molecular complexity index is 1130. The summed E-state index contributed by atoms with van der Waals surface area (Å²) in [7, 11) is 0. The van der Waals surface area contributed by atoms with E-state index in [-0.39, 0.29) is 23.3 Å². The van der Waals surface area contributed by atoms with Crippen molar-refractivity contribution < 1.29 is 9.18 Å². The number of hydrogen-bond acceptors (Lipinski definition) is 3. The van der Waals surface area contributed by atoms with Crippen LogP contribution in [0.25, 0.3) is 0 Å². The van der Waals surface area contributed by atoms with E-state index in [9.17, 15) is 9.18 Å². The first-order valence-electron chi connectivity index (χ1n) is 14.5. The highest BCUT2D eigenvalue weighted by Crippen LogP contribution is 2.40. The van der Waals surface area contributed by atoms with E-state index in [1.807, 2.05) is 17.0 Å². The van der Waals surface area contributed by atoms with E-state index >= 15 is 0 Å². The number of halogens is 4. The number of piperidine rings is 1. The van der Waals surface area contributed by atoms with Crippen molar-refractivity contribution in [2.45, 2.75) is 69.2 Å². The molecule has 0 spiro atoms. The van der Waals surface area contributed by atoms with E-state index in [0.717, 1.165) is 63.6 Å². The van der Waals surface area contributed by atoms with Crippen molar-refractivity contribution >= 4 is 40.7 Å². The van der Waals surface area contributed by atoms with Crippen LogP contribution in [-0.2, 0) is 16.6 Å².